The monoisotopic (exact) mass is 345 g/mol. The molecule has 0 amide bonds. The lowest BCUT2D eigenvalue weighted by Gasteiger charge is -2.16. The van der Waals surface area contributed by atoms with Gasteiger partial charge in [0.25, 0.3) is 0 Å². The molecule has 0 aromatic heterocycles. The van der Waals surface area contributed by atoms with Crippen molar-refractivity contribution in [1.82, 2.24) is 0 Å². The van der Waals surface area contributed by atoms with Gasteiger partial charge in [0.15, 0.2) is 0 Å². The van der Waals surface area contributed by atoms with Crippen LogP contribution in [0, 0.1) is 5.92 Å². The van der Waals surface area contributed by atoms with Crippen LogP contribution in [0.5, 0.6) is 5.75 Å². The largest absolute Gasteiger partial charge is 0.493 e. The van der Waals surface area contributed by atoms with Crippen LogP contribution in [0.2, 0.25) is 0 Å². The van der Waals surface area contributed by atoms with Crippen LogP contribution in [-0.4, -0.2) is 20.7 Å². The van der Waals surface area contributed by atoms with E-state index >= 15 is 0 Å². The second-order valence-electron chi connectivity index (χ2n) is 7.60. The van der Waals surface area contributed by atoms with Gasteiger partial charge in [-0.2, -0.15) is 0 Å². The minimum atomic E-state index is 0.726. The summed E-state index contributed by atoms with van der Waals surface area (Å²) in [5.74, 6) is 1.73. The molecule has 0 saturated heterocycles. The van der Waals surface area contributed by atoms with E-state index in [9.17, 15) is 0 Å². The van der Waals surface area contributed by atoms with Gasteiger partial charge < -0.3 is 9.64 Å². The zero-order valence-electron chi connectivity index (χ0n) is 15.7. The second kappa shape index (κ2) is 7.41. The van der Waals surface area contributed by atoms with Gasteiger partial charge in [-0.25, -0.2) is 0 Å². The minimum absolute atomic E-state index is 0.726. The Labute approximate surface area is 156 Å². The van der Waals surface area contributed by atoms with E-state index < -0.39 is 0 Å². The van der Waals surface area contributed by atoms with Crippen molar-refractivity contribution in [1.29, 1.82) is 0 Å². The molecule has 2 heteroatoms. The lowest BCUT2D eigenvalue weighted by molar-refractivity contribution is 0.253. The predicted octanol–water partition coefficient (Wildman–Crippen LogP) is 6.14. The third kappa shape index (κ3) is 3.55. The molecule has 1 saturated carbocycles. The number of rotatable bonds is 5. The Bertz CT molecular complexity index is 894. The summed E-state index contributed by atoms with van der Waals surface area (Å²) in [6, 6.07) is 21.7. The van der Waals surface area contributed by atoms with Crippen molar-refractivity contribution in [2.24, 2.45) is 5.92 Å². The van der Waals surface area contributed by atoms with E-state index in [2.05, 4.69) is 79.7 Å². The van der Waals surface area contributed by atoms with Gasteiger partial charge >= 0.3 is 0 Å². The van der Waals surface area contributed by atoms with Gasteiger partial charge in [-0.1, -0.05) is 49.2 Å². The molecular formula is C24H27NO. The number of hydrogen-bond acceptors (Lipinski definition) is 2. The lowest BCUT2D eigenvalue weighted by atomic mass is 10.00. The fourth-order valence-electron chi connectivity index (χ4n) is 3.89. The molecule has 0 bridgehead atoms. The van der Waals surface area contributed by atoms with Crippen LogP contribution >= 0.6 is 0 Å². The van der Waals surface area contributed by atoms with E-state index in [1.54, 1.807) is 0 Å². The van der Waals surface area contributed by atoms with Crippen molar-refractivity contribution >= 4 is 16.5 Å². The Hall–Kier alpha value is -2.48. The third-order valence-corrected chi connectivity index (χ3v) is 5.49. The van der Waals surface area contributed by atoms with Crippen LogP contribution in [0.15, 0.2) is 60.7 Å². The highest BCUT2D eigenvalue weighted by atomic mass is 16.5. The van der Waals surface area contributed by atoms with Gasteiger partial charge in [0.2, 0.25) is 0 Å². The number of anilines is 1. The molecule has 3 aromatic carbocycles. The second-order valence-corrected chi connectivity index (χ2v) is 7.60. The Morgan fingerprint density at radius 1 is 0.885 bits per heavy atom. The van der Waals surface area contributed by atoms with Crippen molar-refractivity contribution in [2.45, 2.75) is 25.7 Å². The number of hydrogen-bond donors (Lipinski definition) is 0. The molecule has 2 nitrogen and oxygen atoms in total. The molecule has 0 unspecified atom stereocenters. The zero-order chi connectivity index (χ0) is 17.9. The summed E-state index contributed by atoms with van der Waals surface area (Å²) < 4.78 is 6.23. The summed E-state index contributed by atoms with van der Waals surface area (Å²) in [7, 11) is 4.15. The molecule has 0 spiro atoms. The van der Waals surface area contributed by atoms with Crippen LogP contribution < -0.4 is 9.64 Å². The first kappa shape index (κ1) is 17.0. The number of nitrogens with zero attached hydrogens (tertiary/aromatic N) is 1. The normalized spacial score (nSPS) is 14.7. The minimum Gasteiger partial charge on any atom is -0.493 e. The fraction of sp³-hybridized carbons (Fsp3) is 0.333. The number of fused-ring (bicyclic) bond motifs is 1. The van der Waals surface area contributed by atoms with Crippen molar-refractivity contribution in [3.8, 4) is 16.9 Å². The van der Waals surface area contributed by atoms with E-state index in [1.165, 1.54) is 53.3 Å². The van der Waals surface area contributed by atoms with Gasteiger partial charge in [-0.3, -0.25) is 0 Å². The van der Waals surface area contributed by atoms with Crippen LogP contribution in [0.25, 0.3) is 21.9 Å². The Morgan fingerprint density at radius 2 is 1.62 bits per heavy atom. The quantitative estimate of drug-likeness (QED) is 0.550. The summed E-state index contributed by atoms with van der Waals surface area (Å²) in [4.78, 5) is 2.14. The summed E-state index contributed by atoms with van der Waals surface area (Å²) in [6.45, 7) is 0.844. The smallest absolute Gasteiger partial charge is 0.127 e. The summed E-state index contributed by atoms with van der Waals surface area (Å²) in [5.41, 5.74) is 3.63. The number of ether oxygens (including phenoxy) is 1. The third-order valence-electron chi connectivity index (χ3n) is 5.49. The fourth-order valence-corrected chi connectivity index (χ4v) is 3.89. The molecule has 1 fully saturated rings. The van der Waals surface area contributed by atoms with Crippen LogP contribution in [0.1, 0.15) is 25.7 Å². The molecule has 26 heavy (non-hydrogen) atoms. The number of benzene rings is 3. The van der Waals surface area contributed by atoms with Gasteiger partial charge in [-0.15, -0.1) is 0 Å². The topological polar surface area (TPSA) is 12.5 Å². The first-order valence-electron chi connectivity index (χ1n) is 9.64. The summed E-state index contributed by atoms with van der Waals surface area (Å²) >= 11 is 0. The van der Waals surface area contributed by atoms with Crippen molar-refractivity contribution in [3.63, 3.8) is 0 Å². The molecule has 4 rings (SSSR count). The standard InChI is InChI=1S/C24H27NO/c1-25(2)22-14-13-19-15-21(12-11-20(19)16-22)23-9-5-6-10-24(23)26-17-18-7-3-4-8-18/h5-6,9-16,18H,3-4,7-8,17H2,1-2H3. The number of para-hydroxylation sites is 1. The van der Waals surface area contributed by atoms with E-state index in [0.29, 0.717) is 0 Å². The van der Waals surface area contributed by atoms with Gasteiger partial charge in [-0.05, 0) is 59.4 Å². The van der Waals surface area contributed by atoms with Crippen LogP contribution in [0.4, 0.5) is 5.69 Å². The Morgan fingerprint density at radius 3 is 2.42 bits per heavy atom. The van der Waals surface area contributed by atoms with E-state index in [1.807, 2.05) is 0 Å². The van der Waals surface area contributed by atoms with Gasteiger partial charge in [0.1, 0.15) is 5.75 Å². The first-order valence-corrected chi connectivity index (χ1v) is 9.64. The van der Waals surface area contributed by atoms with Gasteiger partial charge in [0, 0.05) is 25.3 Å². The average Bonchev–Trinajstić information content (AvgIpc) is 3.19. The molecule has 134 valence electrons. The van der Waals surface area contributed by atoms with E-state index in [-0.39, 0.29) is 0 Å². The summed E-state index contributed by atoms with van der Waals surface area (Å²) in [5, 5.41) is 2.53. The molecule has 0 aliphatic heterocycles. The highest BCUT2D eigenvalue weighted by Gasteiger charge is 2.16. The van der Waals surface area contributed by atoms with Crippen molar-refractivity contribution in [2.75, 3.05) is 25.6 Å². The maximum Gasteiger partial charge on any atom is 0.127 e. The molecule has 3 aromatic rings. The SMILES string of the molecule is CN(C)c1ccc2cc(-c3ccccc3OCC3CCCC3)ccc2c1. The molecule has 0 radical (unpaired) electrons. The summed E-state index contributed by atoms with van der Waals surface area (Å²) in [6.07, 6.45) is 5.34. The van der Waals surface area contributed by atoms with Crippen molar-refractivity contribution < 1.29 is 4.74 Å². The predicted molar refractivity (Wildman–Crippen MR) is 111 cm³/mol. The zero-order valence-corrected chi connectivity index (χ0v) is 15.7. The maximum atomic E-state index is 6.23. The lowest BCUT2D eigenvalue weighted by Crippen LogP contribution is -2.08. The van der Waals surface area contributed by atoms with Crippen LogP contribution in [0.3, 0.4) is 0 Å². The highest BCUT2D eigenvalue weighted by molar-refractivity contribution is 5.90. The Balaban J connectivity index is 1.63. The Kier molecular flexibility index (Phi) is 4.83. The van der Waals surface area contributed by atoms with E-state index in [0.717, 1.165) is 18.3 Å². The molecule has 0 N–H and O–H groups in total. The molecule has 1 aliphatic rings. The first-order chi connectivity index (χ1) is 12.7. The highest BCUT2D eigenvalue weighted by Crippen LogP contribution is 2.34. The van der Waals surface area contributed by atoms with E-state index in [4.69, 9.17) is 4.74 Å². The maximum absolute atomic E-state index is 6.23. The van der Waals surface area contributed by atoms with Crippen LogP contribution in [-0.2, 0) is 0 Å². The molecule has 1 aliphatic carbocycles. The molecule has 0 heterocycles. The molecular weight excluding hydrogens is 318 g/mol. The molecule has 0 atom stereocenters. The van der Waals surface area contributed by atoms with Gasteiger partial charge in [0.05, 0.1) is 6.61 Å². The average molecular weight is 345 g/mol. The van der Waals surface area contributed by atoms with Crippen molar-refractivity contribution in [3.05, 3.63) is 60.7 Å².